The van der Waals surface area contributed by atoms with E-state index in [1.54, 1.807) is 19.1 Å². The lowest BCUT2D eigenvalue weighted by Crippen LogP contribution is -2.27. The van der Waals surface area contributed by atoms with Crippen LogP contribution in [0.4, 0.5) is 0 Å². The molecule has 94 valence electrons. The average molecular weight is 246 g/mol. The van der Waals surface area contributed by atoms with Crippen molar-refractivity contribution in [3.05, 3.63) is 42.0 Å². The predicted octanol–water partition coefficient (Wildman–Crippen LogP) is 1.09. The normalized spacial score (nSPS) is 10.1. The van der Waals surface area contributed by atoms with E-state index in [-0.39, 0.29) is 11.7 Å². The molecule has 1 aromatic carbocycles. The fourth-order valence-electron chi connectivity index (χ4n) is 1.61. The number of rotatable bonds is 4. The second-order valence-corrected chi connectivity index (χ2v) is 3.85. The van der Waals surface area contributed by atoms with Gasteiger partial charge in [0.2, 0.25) is 5.82 Å². The summed E-state index contributed by atoms with van der Waals surface area (Å²) in [4.78, 5) is 17.3. The van der Waals surface area contributed by atoms with Crippen molar-refractivity contribution in [2.75, 3.05) is 14.2 Å². The van der Waals surface area contributed by atoms with Crippen molar-refractivity contribution in [2.45, 2.75) is 6.54 Å². The minimum Gasteiger partial charge on any atom is -0.497 e. The molecule has 6 heteroatoms. The third-order valence-corrected chi connectivity index (χ3v) is 2.52. The number of benzene rings is 1. The Morgan fingerprint density at radius 1 is 1.50 bits per heavy atom. The highest BCUT2D eigenvalue weighted by atomic mass is 16.5. The van der Waals surface area contributed by atoms with Gasteiger partial charge in [-0.15, -0.1) is 0 Å². The van der Waals surface area contributed by atoms with Crippen LogP contribution in [0.1, 0.15) is 16.2 Å². The Morgan fingerprint density at radius 2 is 2.33 bits per heavy atom. The Morgan fingerprint density at radius 3 is 3.00 bits per heavy atom. The molecule has 2 aromatic rings. The molecule has 0 aliphatic carbocycles. The first kappa shape index (κ1) is 12.1. The van der Waals surface area contributed by atoms with E-state index in [4.69, 9.17) is 4.74 Å². The van der Waals surface area contributed by atoms with Crippen LogP contribution in [0.5, 0.6) is 5.75 Å². The van der Waals surface area contributed by atoms with Gasteiger partial charge in [-0.05, 0) is 17.7 Å². The van der Waals surface area contributed by atoms with Crippen molar-refractivity contribution in [3.63, 3.8) is 0 Å². The highest BCUT2D eigenvalue weighted by molar-refractivity contribution is 5.90. The number of nitrogens with zero attached hydrogens (tertiary/aromatic N) is 3. The zero-order valence-electron chi connectivity index (χ0n) is 10.3. The molecular formula is C12H14N4O2. The van der Waals surface area contributed by atoms with Crippen LogP contribution in [0.25, 0.3) is 0 Å². The van der Waals surface area contributed by atoms with Gasteiger partial charge in [0.15, 0.2) is 0 Å². The van der Waals surface area contributed by atoms with E-state index in [9.17, 15) is 4.79 Å². The molecule has 0 saturated carbocycles. The number of hydrogen-bond donors (Lipinski definition) is 1. The number of carbonyl (C=O) groups excluding carboxylic acids is 1. The van der Waals surface area contributed by atoms with E-state index < -0.39 is 0 Å². The van der Waals surface area contributed by atoms with Gasteiger partial charge in [0.25, 0.3) is 5.91 Å². The number of ether oxygens (including phenoxy) is 1. The van der Waals surface area contributed by atoms with Gasteiger partial charge in [0, 0.05) is 13.6 Å². The highest BCUT2D eigenvalue weighted by Gasteiger charge is 2.14. The zero-order valence-corrected chi connectivity index (χ0v) is 10.3. The van der Waals surface area contributed by atoms with Crippen LogP contribution in [0.15, 0.2) is 30.6 Å². The average Bonchev–Trinajstić information content (AvgIpc) is 2.92. The molecule has 0 radical (unpaired) electrons. The zero-order chi connectivity index (χ0) is 13.0. The Bertz CT molecular complexity index is 525. The summed E-state index contributed by atoms with van der Waals surface area (Å²) in [6, 6.07) is 7.58. The van der Waals surface area contributed by atoms with E-state index in [2.05, 4.69) is 15.2 Å². The summed E-state index contributed by atoms with van der Waals surface area (Å²) < 4.78 is 5.14. The number of methoxy groups -OCH3 is 1. The number of aromatic nitrogens is 3. The fourth-order valence-corrected chi connectivity index (χ4v) is 1.61. The summed E-state index contributed by atoms with van der Waals surface area (Å²) in [5, 5.41) is 6.21. The van der Waals surface area contributed by atoms with Crippen molar-refractivity contribution in [2.24, 2.45) is 0 Å². The van der Waals surface area contributed by atoms with Crippen LogP contribution in [0.3, 0.4) is 0 Å². The second-order valence-electron chi connectivity index (χ2n) is 3.85. The first-order valence-electron chi connectivity index (χ1n) is 5.44. The van der Waals surface area contributed by atoms with Crippen LogP contribution >= 0.6 is 0 Å². The van der Waals surface area contributed by atoms with Crippen LogP contribution in [0, 0.1) is 0 Å². The largest absolute Gasteiger partial charge is 0.497 e. The van der Waals surface area contributed by atoms with Gasteiger partial charge in [-0.2, -0.15) is 5.10 Å². The SMILES string of the molecule is COc1cccc(CN(C)C(=O)c2ncn[nH]2)c1. The molecule has 0 aliphatic heterocycles. The van der Waals surface area contributed by atoms with Crippen LogP contribution in [0.2, 0.25) is 0 Å². The number of hydrogen-bond acceptors (Lipinski definition) is 4. The molecule has 1 amide bonds. The van der Waals surface area contributed by atoms with Crippen LogP contribution < -0.4 is 4.74 Å². The lowest BCUT2D eigenvalue weighted by molar-refractivity contribution is 0.0773. The summed E-state index contributed by atoms with van der Waals surface area (Å²) in [7, 11) is 3.33. The Balaban J connectivity index is 2.06. The maximum absolute atomic E-state index is 11.9. The van der Waals surface area contributed by atoms with Crippen molar-refractivity contribution >= 4 is 5.91 Å². The third-order valence-electron chi connectivity index (χ3n) is 2.52. The predicted molar refractivity (Wildman–Crippen MR) is 65.2 cm³/mol. The maximum Gasteiger partial charge on any atom is 0.291 e. The van der Waals surface area contributed by atoms with Crippen molar-refractivity contribution in [1.29, 1.82) is 0 Å². The van der Waals surface area contributed by atoms with Gasteiger partial charge >= 0.3 is 0 Å². The Labute approximate surface area is 105 Å². The van der Waals surface area contributed by atoms with E-state index in [0.717, 1.165) is 11.3 Å². The van der Waals surface area contributed by atoms with E-state index in [1.807, 2.05) is 24.3 Å². The van der Waals surface area contributed by atoms with Gasteiger partial charge in [-0.3, -0.25) is 9.89 Å². The third kappa shape index (κ3) is 2.65. The maximum atomic E-state index is 11.9. The number of nitrogens with one attached hydrogen (secondary N) is 1. The smallest absolute Gasteiger partial charge is 0.291 e. The molecule has 18 heavy (non-hydrogen) atoms. The molecule has 0 unspecified atom stereocenters. The number of aromatic amines is 1. The molecule has 0 bridgehead atoms. The van der Waals surface area contributed by atoms with Crippen molar-refractivity contribution in [1.82, 2.24) is 20.1 Å². The molecule has 0 aliphatic rings. The van der Waals surface area contributed by atoms with E-state index in [1.165, 1.54) is 6.33 Å². The summed E-state index contributed by atoms with van der Waals surface area (Å²) in [6.45, 7) is 0.483. The lowest BCUT2D eigenvalue weighted by Gasteiger charge is -2.15. The number of H-pyrrole nitrogens is 1. The second kappa shape index (κ2) is 5.31. The van der Waals surface area contributed by atoms with Gasteiger partial charge in [0.1, 0.15) is 12.1 Å². The first-order valence-corrected chi connectivity index (χ1v) is 5.44. The van der Waals surface area contributed by atoms with Gasteiger partial charge in [-0.1, -0.05) is 12.1 Å². The quantitative estimate of drug-likeness (QED) is 0.876. The molecule has 2 rings (SSSR count). The van der Waals surface area contributed by atoms with Crippen molar-refractivity contribution in [3.8, 4) is 5.75 Å². The lowest BCUT2D eigenvalue weighted by atomic mass is 10.2. The molecule has 0 saturated heterocycles. The molecule has 6 nitrogen and oxygen atoms in total. The van der Waals surface area contributed by atoms with Crippen molar-refractivity contribution < 1.29 is 9.53 Å². The summed E-state index contributed by atoms with van der Waals surface area (Å²) >= 11 is 0. The van der Waals surface area contributed by atoms with Crippen LogP contribution in [-0.2, 0) is 6.54 Å². The molecule has 0 spiro atoms. The molecule has 0 fully saturated rings. The first-order chi connectivity index (χ1) is 8.70. The van der Waals surface area contributed by atoms with Gasteiger partial charge < -0.3 is 9.64 Å². The fraction of sp³-hybridized carbons (Fsp3) is 0.250. The molecule has 1 heterocycles. The minimum atomic E-state index is -0.199. The molecule has 1 N–H and O–H groups in total. The van der Waals surface area contributed by atoms with E-state index in [0.29, 0.717) is 6.54 Å². The summed E-state index contributed by atoms with van der Waals surface area (Å²) in [5.74, 6) is 0.809. The standard InChI is InChI=1S/C12H14N4O2/c1-16(12(17)11-13-8-14-15-11)7-9-4-3-5-10(6-9)18-2/h3-6,8H,7H2,1-2H3,(H,13,14,15). The Kier molecular flexibility index (Phi) is 3.57. The molecule has 1 aromatic heterocycles. The number of carbonyl (C=O) groups is 1. The monoisotopic (exact) mass is 246 g/mol. The number of amides is 1. The summed E-state index contributed by atoms with van der Waals surface area (Å²) in [6.07, 6.45) is 1.31. The van der Waals surface area contributed by atoms with Gasteiger partial charge in [-0.25, -0.2) is 4.98 Å². The topological polar surface area (TPSA) is 71.1 Å². The highest BCUT2D eigenvalue weighted by Crippen LogP contribution is 2.14. The molecular weight excluding hydrogens is 232 g/mol. The van der Waals surface area contributed by atoms with Crippen LogP contribution in [-0.4, -0.2) is 40.1 Å². The van der Waals surface area contributed by atoms with Gasteiger partial charge in [0.05, 0.1) is 7.11 Å². The Hall–Kier alpha value is -2.37. The molecule has 0 atom stereocenters. The summed E-state index contributed by atoms with van der Waals surface area (Å²) in [5.41, 5.74) is 0.990. The minimum absolute atomic E-state index is 0.199. The van der Waals surface area contributed by atoms with E-state index >= 15 is 0 Å².